The molecule has 2 fully saturated rings. The van der Waals surface area contributed by atoms with Crippen LogP contribution in [0.15, 0.2) is 12.4 Å². The Morgan fingerprint density at radius 2 is 1.96 bits per heavy atom. The van der Waals surface area contributed by atoms with Crippen LogP contribution < -0.4 is 10.2 Å². The van der Waals surface area contributed by atoms with Gasteiger partial charge in [0.15, 0.2) is 0 Å². The molecule has 2 aliphatic rings. The van der Waals surface area contributed by atoms with Crippen LogP contribution in [0.3, 0.4) is 0 Å². The summed E-state index contributed by atoms with van der Waals surface area (Å²) in [4.78, 5) is 24.6. The quantitative estimate of drug-likeness (QED) is 0.913. The molecule has 3 heterocycles. The summed E-state index contributed by atoms with van der Waals surface area (Å²) in [7, 11) is 0. The maximum absolute atomic E-state index is 11.7. The molecule has 24 heavy (non-hydrogen) atoms. The van der Waals surface area contributed by atoms with Crippen LogP contribution in [-0.4, -0.2) is 59.8 Å². The molecule has 2 saturated heterocycles. The van der Waals surface area contributed by atoms with Gasteiger partial charge in [-0.2, -0.15) is 0 Å². The maximum Gasteiger partial charge on any atom is 0.409 e. The molecule has 7 nitrogen and oxygen atoms in total. The van der Waals surface area contributed by atoms with E-state index in [0.29, 0.717) is 12.6 Å². The summed E-state index contributed by atoms with van der Waals surface area (Å²) < 4.78 is 5.06. The van der Waals surface area contributed by atoms with Crippen molar-refractivity contribution >= 4 is 17.7 Å². The first-order valence-electron chi connectivity index (χ1n) is 9.01. The molecule has 0 spiro atoms. The summed E-state index contributed by atoms with van der Waals surface area (Å²) >= 11 is 0. The van der Waals surface area contributed by atoms with Gasteiger partial charge in [-0.25, -0.2) is 14.8 Å². The summed E-state index contributed by atoms with van der Waals surface area (Å²) in [6, 6.07) is 2.38. The van der Waals surface area contributed by atoms with Crippen LogP contribution in [0.1, 0.15) is 39.0 Å². The van der Waals surface area contributed by atoms with Crippen LogP contribution in [0, 0.1) is 0 Å². The lowest BCUT2D eigenvalue weighted by Crippen LogP contribution is -2.42. The van der Waals surface area contributed by atoms with Crippen molar-refractivity contribution in [3.63, 3.8) is 0 Å². The predicted molar refractivity (Wildman–Crippen MR) is 93.3 cm³/mol. The van der Waals surface area contributed by atoms with Crippen LogP contribution >= 0.6 is 0 Å². The number of aromatic nitrogens is 2. The standard InChI is InChI=1S/C17H27N5O2/c1-2-24-17(23)22-10-6-14(7-11-22)20-15-12-16(19-13-18-15)21-8-4-3-5-9-21/h12-14H,2-11H2,1H3,(H,18,19,20). The van der Waals surface area contributed by atoms with E-state index in [4.69, 9.17) is 4.74 Å². The number of rotatable bonds is 4. The number of nitrogens with zero attached hydrogens (tertiary/aromatic N) is 4. The van der Waals surface area contributed by atoms with Gasteiger partial charge in [-0.3, -0.25) is 0 Å². The Morgan fingerprint density at radius 3 is 2.67 bits per heavy atom. The second-order valence-electron chi connectivity index (χ2n) is 6.41. The van der Waals surface area contributed by atoms with Crippen molar-refractivity contribution in [3.8, 4) is 0 Å². The van der Waals surface area contributed by atoms with E-state index in [1.807, 2.05) is 13.0 Å². The fourth-order valence-corrected chi connectivity index (χ4v) is 3.35. The van der Waals surface area contributed by atoms with E-state index in [2.05, 4.69) is 20.2 Å². The Balaban J connectivity index is 1.52. The van der Waals surface area contributed by atoms with E-state index >= 15 is 0 Å². The van der Waals surface area contributed by atoms with E-state index in [9.17, 15) is 4.79 Å². The van der Waals surface area contributed by atoms with Gasteiger partial charge in [0.1, 0.15) is 18.0 Å². The largest absolute Gasteiger partial charge is 0.450 e. The summed E-state index contributed by atoms with van der Waals surface area (Å²) in [5.41, 5.74) is 0. The molecule has 1 N–H and O–H groups in total. The molecule has 3 rings (SSSR count). The van der Waals surface area contributed by atoms with Crippen LogP contribution in [0.5, 0.6) is 0 Å². The third-order valence-electron chi connectivity index (χ3n) is 4.71. The van der Waals surface area contributed by atoms with Gasteiger partial charge < -0.3 is 19.9 Å². The number of amides is 1. The average molecular weight is 333 g/mol. The fraction of sp³-hybridized carbons (Fsp3) is 0.706. The van der Waals surface area contributed by atoms with Gasteiger partial charge in [0.05, 0.1) is 6.61 Å². The highest BCUT2D eigenvalue weighted by atomic mass is 16.6. The van der Waals surface area contributed by atoms with E-state index in [1.54, 1.807) is 11.2 Å². The van der Waals surface area contributed by atoms with Gasteiger partial charge >= 0.3 is 6.09 Å². The summed E-state index contributed by atoms with van der Waals surface area (Å²) in [5.74, 6) is 1.89. The van der Waals surface area contributed by atoms with Crippen molar-refractivity contribution in [2.24, 2.45) is 0 Å². The summed E-state index contributed by atoms with van der Waals surface area (Å²) in [5, 5.41) is 3.50. The summed E-state index contributed by atoms with van der Waals surface area (Å²) in [6.07, 6.45) is 7.03. The number of anilines is 2. The lowest BCUT2D eigenvalue weighted by atomic mass is 10.1. The highest BCUT2D eigenvalue weighted by Gasteiger charge is 2.24. The predicted octanol–water partition coefficient (Wildman–Crippen LogP) is 2.50. The van der Waals surface area contributed by atoms with E-state index in [1.165, 1.54) is 19.3 Å². The Labute approximate surface area is 143 Å². The minimum absolute atomic E-state index is 0.203. The number of nitrogens with one attached hydrogen (secondary N) is 1. The molecule has 2 aliphatic heterocycles. The van der Waals surface area contributed by atoms with E-state index < -0.39 is 0 Å². The molecule has 0 aliphatic carbocycles. The van der Waals surface area contributed by atoms with Crippen molar-refractivity contribution in [2.75, 3.05) is 43.0 Å². The second-order valence-corrected chi connectivity index (χ2v) is 6.41. The van der Waals surface area contributed by atoms with Crippen molar-refractivity contribution in [1.82, 2.24) is 14.9 Å². The zero-order valence-corrected chi connectivity index (χ0v) is 14.4. The Hall–Kier alpha value is -2.05. The molecule has 0 bridgehead atoms. The number of hydrogen-bond donors (Lipinski definition) is 1. The van der Waals surface area contributed by atoms with Gasteiger partial charge in [0.25, 0.3) is 0 Å². The SMILES string of the molecule is CCOC(=O)N1CCC(Nc2cc(N3CCCCC3)ncn2)CC1. The molecular weight excluding hydrogens is 306 g/mol. The zero-order chi connectivity index (χ0) is 16.8. The van der Waals surface area contributed by atoms with Gasteiger partial charge in [0.2, 0.25) is 0 Å². The normalized spacial score (nSPS) is 19.2. The molecule has 0 unspecified atom stereocenters. The summed E-state index contributed by atoms with van der Waals surface area (Å²) in [6.45, 7) is 5.86. The van der Waals surface area contributed by atoms with Crippen LogP contribution in [-0.2, 0) is 4.74 Å². The fourth-order valence-electron chi connectivity index (χ4n) is 3.35. The Bertz CT molecular complexity index is 540. The average Bonchev–Trinajstić information content (AvgIpc) is 2.63. The first kappa shape index (κ1) is 16.8. The first-order chi connectivity index (χ1) is 11.8. The molecule has 0 atom stereocenters. The number of ether oxygens (including phenoxy) is 1. The lowest BCUT2D eigenvalue weighted by molar-refractivity contribution is 0.0983. The third-order valence-corrected chi connectivity index (χ3v) is 4.71. The Kier molecular flexibility index (Phi) is 5.72. The highest BCUT2D eigenvalue weighted by Crippen LogP contribution is 2.21. The number of hydrogen-bond acceptors (Lipinski definition) is 6. The number of piperidine rings is 2. The molecule has 1 aromatic heterocycles. The minimum Gasteiger partial charge on any atom is -0.450 e. The first-order valence-corrected chi connectivity index (χ1v) is 9.01. The number of likely N-dealkylation sites (tertiary alicyclic amines) is 1. The van der Waals surface area contributed by atoms with Crippen molar-refractivity contribution in [1.29, 1.82) is 0 Å². The maximum atomic E-state index is 11.7. The van der Waals surface area contributed by atoms with Crippen LogP contribution in [0.4, 0.5) is 16.4 Å². The molecule has 0 saturated carbocycles. The number of carbonyl (C=O) groups is 1. The molecule has 1 aromatic rings. The molecule has 132 valence electrons. The molecule has 0 aromatic carbocycles. The zero-order valence-electron chi connectivity index (χ0n) is 14.4. The molecule has 0 radical (unpaired) electrons. The van der Waals surface area contributed by atoms with Gasteiger partial charge in [0, 0.05) is 38.3 Å². The second kappa shape index (κ2) is 8.17. The molecule has 7 heteroatoms. The topological polar surface area (TPSA) is 70.6 Å². The van der Waals surface area contributed by atoms with Crippen molar-refractivity contribution in [2.45, 2.75) is 45.1 Å². The monoisotopic (exact) mass is 333 g/mol. The van der Waals surface area contributed by atoms with Crippen molar-refractivity contribution < 1.29 is 9.53 Å². The highest BCUT2D eigenvalue weighted by molar-refractivity contribution is 5.67. The van der Waals surface area contributed by atoms with Crippen molar-refractivity contribution in [3.05, 3.63) is 12.4 Å². The van der Waals surface area contributed by atoms with E-state index in [0.717, 1.165) is 50.7 Å². The third kappa shape index (κ3) is 4.27. The van der Waals surface area contributed by atoms with Crippen LogP contribution in [0.2, 0.25) is 0 Å². The smallest absolute Gasteiger partial charge is 0.409 e. The van der Waals surface area contributed by atoms with Crippen LogP contribution in [0.25, 0.3) is 0 Å². The van der Waals surface area contributed by atoms with Gasteiger partial charge in [-0.15, -0.1) is 0 Å². The lowest BCUT2D eigenvalue weighted by Gasteiger charge is -2.32. The Morgan fingerprint density at radius 1 is 1.21 bits per heavy atom. The number of carbonyl (C=O) groups excluding carboxylic acids is 1. The van der Waals surface area contributed by atoms with Gasteiger partial charge in [-0.05, 0) is 39.0 Å². The molecular formula is C17H27N5O2. The molecule has 1 amide bonds. The van der Waals surface area contributed by atoms with E-state index in [-0.39, 0.29) is 6.09 Å². The minimum atomic E-state index is -0.203. The van der Waals surface area contributed by atoms with Gasteiger partial charge in [-0.1, -0.05) is 0 Å².